The number of hydrogen-bond donors (Lipinski definition) is 0. The third-order valence-electron chi connectivity index (χ3n) is 13.0. The van der Waals surface area contributed by atoms with Gasteiger partial charge in [0.05, 0.1) is 11.5 Å². The van der Waals surface area contributed by atoms with Gasteiger partial charge < -0.3 is 8.85 Å². The van der Waals surface area contributed by atoms with E-state index < -0.39 is 28.5 Å². The van der Waals surface area contributed by atoms with E-state index in [1.165, 1.54) is 24.3 Å². The van der Waals surface area contributed by atoms with E-state index in [4.69, 9.17) is 8.85 Å². The molecule has 0 bridgehead atoms. The van der Waals surface area contributed by atoms with Crippen LogP contribution in [0, 0.1) is 0 Å². The van der Waals surface area contributed by atoms with Crippen molar-refractivity contribution in [3.63, 3.8) is 0 Å². The molecule has 2 atom stereocenters. The van der Waals surface area contributed by atoms with Crippen molar-refractivity contribution in [2.24, 2.45) is 0 Å². The highest BCUT2D eigenvalue weighted by atomic mass is 28.4. The molecule has 262 valence electrons. The maximum absolute atomic E-state index is 14.0. The van der Waals surface area contributed by atoms with Gasteiger partial charge in [-0.15, -0.1) is 0 Å². The Morgan fingerprint density at radius 3 is 1.22 bits per heavy atom. The van der Waals surface area contributed by atoms with Crippen molar-refractivity contribution in [2.75, 3.05) is 0 Å². The van der Waals surface area contributed by atoms with Crippen LogP contribution in [0.5, 0.6) is 0 Å². The second-order valence-corrected chi connectivity index (χ2v) is 27.4. The molecule has 0 amide bonds. The third kappa shape index (κ3) is 5.31. The molecular weight excluding hydrogens is 657 g/mol. The van der Waals surface area contributed by atoms with Crippen molar-refractivity contribution in [3.8, 4) is 0 Å². The number of allylic oxidation sites excluding steroid dienone is 10. The van der Waals surface area contributed by atoms with Crippen LogP contribution in [-0.2, 0) is 40.9 Å². The molecule has 6 aliphatic rings. The minimum atomic E-state index is -2.31. The number of carbonyl (C=O) groups is 4. The summed E-state index contributed by atoms with van der Waals surface area (Å²) < 4.78 is 14.2. The predicted octanol–water partition coefficient (Wildman–Crippen LogP) is 9.11. The van der Waals surface area contributed by atoms with Gasteiger partial charge in [0.25, 0.3) is 0 Å². The lowest BCUT2D eigenvalue weighted by Gasteiger charge is -2.46. The summed E-state index contributed by atoms with van der Waals surface area (Å²) in [6.07, 6.45) is 9.27. The summed E-state index contributed by atoms with van der Waals surface area (Å²) in [6, 6.07) is 4.37. The molecule has 6 nitrogen and oxygen atoms in total. The standard InChI is InChI=1S/C42H50O6Si2/c1-41(2,3)49(7,8)47-33-21-27-29(43)17-19-31(45)37(27)39-25(33)15-13-23-11-12-24-14-16-26-34(48-50(9,10)42(4,5)6)22-28-30(44)18-20-32(46)38(28)40(26)36(24)35(23)39/h11-12,17-20,39-40H,13-16,21-22H2,1-10H3. The number of benzene rings is 1. The fraction of sp³-hybridized carbons (Fsp3) is 0.476. The summed E-state index contributed by atoms with van der Waals surface area (Å²) in [4.78, 5) is 55.2. The van der Waals surface area contributed by atoms with Crippen LogP contribution in [-0.4, -0.2) is 39.8 Å². The van der Waals surface area contributed by atoms with E-state index in [0.29, 0.717) is 35.1 Å². The molecule has 0 saturated carbocycles. The average Bonchev–Trinajstić information content (AvgIpc) is 3.02. The van der Waals surface area contributed by atoms with Gasteiger partial charge in [-0.3, -0.25) is 19.2 Å². The molecule has 1 aromatic carbocycles. The van der Waals surface area contributed by atoms with Crippen molar-refractivity contribution in [2.45, 2.75) is 128 Å². The van der Waals surface area contributed by atoms with Crippen LogP contribution in [0.4, 0.5) is 0 Å². The molecule has 0 radical (unpaired) electrons. The summed E-state index contributed by atoms with van der Waals surface area (Å²) in [7, 11) is -4.62. The average molecular weight is 707 g/mol. The Hall–Kier alpha value is -3.63. The SMILES string of the molecule is CC(C)(C)[Si](C)(C)OC1=C2CCc3ccc4c(c3C2C2=C(C1)C(=O)C=CC2=O)C1C(=C(O[Si](C)(C)C(C)(C)C)CC2=C1C(=O)C=CC2=O)CC4. The van der Waals surface area contributed by atoms with E-state index in [9.17, 15) is 19.2 Å². The molecule has 6 aliphatic carbocycles. The first-order valence-corrected chi connectivity index (χ1v) is 24.0. The second kappa shape index (κ2) is 11.4. The number of hydrogen-bond acceptors (Lipinski definition) is 6. The van der Waals surface area contributed by atoms with Crippen molar-refractivity contribution in [1.82, 2.24) is 0 Å². The zero-order valence-electron chi connectivity index (χ0n) is 31.3. The maximum Gasteiger partial charge on any atom is 0.250 e. The van der Waals surface area contributed by atoms with Gasteiger partial charge in [-0.05, 0) is 120 Å². The van der Waals surface area contributed by atoms with E-state index in [1.54, 1.807) is 0 Å². The molecule has 1 aromatic rings. The molecule has 2 unspecified atom stereocenters. The topological polar surface area (TPSA) is 86.7 Å². The van der Waals surface area contributed by atoms with Gasteiger partial charge in [-0.2, -0.15) is 0 Å². The van der Waals surface area contributed by atoms with Gasteiger partial charge in [0.15, 0.2) is 23.1 Å². The Balaban J connectivity index is 1.50. The Morgan fingerprint density at radius 2 is 0.880 bits per heavy atom. The zero-order valence-corrected chi connectivity index (χ0v) is 33.3. The van der Waals surface area contributed by atoms with E-state index >= 15 is 0 Å². The van der Waals surface area contributed by atoms with Crippen LogP contribution < -0.4 is 0 Å². The first-order chi connectivity index (χ1) is 23.2. The molecule has 0 spiro atoms. The molecule has 0 aromatic heterocycles. The number of fused-ring (bicyclic) bond motifs is 9. The largest absolute Gasteiger partial charge is 0.546 e. The lowest BCUT2D eigenvalue weighted by molar-refractivity contribution is -0.115. The van der Waals surface area contributed by atoms with Gasteiger partial charge in [0, 0.05) is 47.0 Å². The fourth-order valence-corrected chi connectivity index (χ4v) is 10.4. The van der Waals surface area contributed by atoms with Crippen LogP contribution in [0.3, 0.4) is 0 Å². The van der Waals surface area contributed by atoms with E-state index in [0.717, 1.165) is 70.6 Å². The molecular formula is C42H50O6Si2. The molecule has 50 heavy (non-hydrogen) atoms. The molecule has 0 N–H and O–H groups in total. The molecule has 0 heterocycles. The Kier molecular flexibility index (Phi) is 7.96. The number of carbonyl (C=O) groups excluding carboxylic acids is 4. The normalized spacial score (nSPS) is 23.8. The van der Waals surface area contributed by atoms with E-state index in [-0.39, 0.29) is 33.2 Å². The Morgan fingerprint density at radius 1 is 0.540 bits per heavy atom. The second-order valence-electron chi connectivity index (χ2n) is 18.0. The first-order valence-electron chi connectivity index (χ1n) is 18.2. The summed E-state index contributed by atoms with van der Waals surface area (Å²) in [5, 5.41) is -0.120. The first kappa shape index (κ1) is 34.8. The van der Waals surface area contributed by atoms with Crippen LogP contribution >= 0.6 is 0 Å². The summed E-state index contributed by atoms with van der Waals surface area (Å²) in [6.45, 7) is 22.2. The van der Waals surface area contributed by atoms with Gasteiger partial charge >= 0.3 is 0 Å². The van der Waals surface area contributed by atoms with Gasteiger partial charge in [-0.25, -0.2) is 0 Å². The number of aryl methyl sites for hydroxylation is 2. The lowest BCUT2D eigenvalue weighted by atomic mass is 9.60. The minimum Gasteiger partial charge on any atom is -0.546 e. The van der Waals surface area contributed by atoms with Crippen molar-refractivity contribution in [3.05, 3.63) is 104 Å². The third-order valence-corrected chi connectivity index (χ3v) is 21.7. The van der Waals surface area contributed by atoms with Crippen molar-refractivity contribution < 1.29 is 28.0 Å². The number of rotatable bonds is 4. The van der Waals surface area contributed by atoms with Crippen LogP contribution in [0.2, 0.25) is 36.3 Å². The van der Waals surface area contributed by atoms with Crippen molar-refractivity contribution >= 4 is 39.8 Å². The van der Waals surface area contributed by atoms with Crippen LogP contribution in [0.1, 0.15) is 101 Å². The Labute approximate surface area is 298 Å². The summed E-state index contributed by atoms with van der Waals surface area (Å²) >= 11 is 0. The predicted molar refractivity (Wildman–Crippen MR) is 201 cm³/mol. The van der Waals surface area contributed by atoms with Crippen LogP contribution in [0.15, 0.2) is 81.4 Å². The van der Waals surface area contributed by atoms with Crippen molar-refractivity contribution in [1.29, 1.82) is 0 Å². The van der Waals surface area contributed by atoms with Crippen LogP contribution in [0.25, 0.3) is 0 Å². The van der Waals surface area contributed by atoms with Gasteiger partial charge in [-0.1, -0.05) is 53.7 Å². The zero-order chi connectivity index (χ0) is 36.3. The summed E-state index contributed by atoms with van der Waals surface area (Å²) in [5.41, 5.74) is 8.58. The van der Waals surface area contributed by atoms with E-state index in [1.807, 2.05) is 0 Å². The Bertz CT molecular complexity index is 1850. The highest BCUT2D eigenvalue weighted by Gasteiger charge is 2.50. The monoisotopic (exact) mass is 706 g/mol. The molecule has 0 saturated heterocycles. The fourth-order valence-electron chi connectivity index (χ4n) is 8.18. The molecule has 8 heteroatoms. The molecule has 0 fully saturated rings. The van der Waals surface area contributed by atoms with E-state index in [2.05, 4.69) is 79.9 Å². The maximum atomic E-state index is 14.0. The summed E-state index contributed by atoms with van der Waals surface area (Å²) in [5.74, 6) is 0.202. The molecule has 7 rings (SSSR count). The number of ketones is 4. The quantitative estimate of drug-likeness (QED) is 0.229. The molecule has 0 aliphatic heterocycles. The smallest absolute Gasteiger partial charge is 0.250 e. The highest BCUT2D eigenvalue weighted by molar-refractivity contribution is 6.74. The lowest BCUT2D eigenvalue weighted by Crippen LogP contribution is -2.42. The van der Waals surface area contributed by atoms with Gasteiger partial charge in [0.2, 0.25) is 16.6 Å². The minimum absolute atomic E-state index is 0.0602. The highest BCUT2D eigenvalue weighted by Crippen LogP contribution is 2.58. The van der Waals surface area contributed by atoms with Gasteiger partial charge in [0.1, 0.15) is 0 Å².